The maximum absolute atomic E-state index is 13.3. The molecule has 1 aliphatic rings. The lowest BCUT2D eigenvalue weighted by molar-refractivity contribution is -0.116. The number of hydrogen-bond acceptors (Lipinski definition) is 4. The van der Waals surface area contributed by atoms with Crippen LogP contribution in [0.2, 0.25) is 0 Å². The van der Waals surface area contributed by atoms with E-state index in [-0.39, 0.29) is 17.2 Å². The first kappa shape index (κ1) is 19.5. The molecule has 150 valence electrons. The number of thioether (sulfide) groups is 1. The summed E-state index contributed by atoms with van der Waals surface area (Å²) in [5.74, 6) is 0.786. The van der Waals surface area contributed by atoms with Gasteiger partial charge in [-0.3, -0.25) is 9.47 Å². The van der Waals surface area contributed by atoms with E-state index in [1.165, 1.54) is 0 Å². The van der Waals surface area contributed by atoms with Gasteiger partial charge in [-0.25, -0.2) is 0 Å². The van der Waals surface area contributed by atoms with E-state index in [0.29, 0.717) is 0 Å². The third-order valence-corrected chi connectivity index (χ3v) is 6.54. The van der Waals surface area contributed by atoms with Crippen LogP contribution in [0.4, 0.5) is 5.69 Å². The molecule has 0 saturated heterocycles. The van der Waals surface area contributed by atoms with Gasteiger partial charge in [0.05, 0.1) is 18.2 Å². The Morgan fingerprint density at radius 3 is 2.55 bits per heavy atom. The molecule has 29 heavy (non-hydrogen) atoms. The summed E-state index contributed by atoms with van der Waals surface area (Å²) in [6.07, 6.45) is 0. The summed E-state index contributed by atoms with van der Waals surface area (Å²) in [6.45, 7) is 6.09. The summed E-state index contributed by atoms with van der Waals surface area (Å²) < 4.78 is 7.34. The molecule has 0 spiro atoms. The number of amides is 1. The van der Waals surface area contributed by atoms with Crippen LogP contribution in [0.3, 0.4) is 0 Å². The van der Waals surface area contributed by atoms with Gasteiger partial charge in [0.15, 0.2) is 0 Å². The van der Waals surface area contributed by atoms with Crippen LogP contribution >= 0.6 is 11.8 Å². The molecule has 4 rings (SSSR count). The number of carbonyl (C=O) groups excluding carboxylic acids is 1. The number of rotatable bonds is 4. The number of benzene rings is 2. The predicted molar refractivity (Wildman–Crippen MR) is 118 cm³/mol. The van der Waals surface area contributed by atoms with Crippen molar-refractivity contribution in [3.63, 3.8) is 0 Å². The highest BCUT2D eigenvalue weighted by Crippen LogP contribution is 2.39. The standard InChI is InChI=1S/C23H25N3O2S/c1-14-5-6-15(2)19(13-14)24-23(27)22-21(17-8-10-18(28-4)11-9-17)25-26-16(3)7-12-20(26)29-22/h5-13,21-22,25H,1-4H3,(H,24,27)/t21-,22-/m0/s1. The van der Waals surface area contributed by atoms with Gasteiger partial charge in [0.1, 0.15) is 11.0 Å². The number of nitrogens with zero attached hydrogens (tertiary/aromatic N) is 1. The molecule has 0 saturated carbocycles. The average Bonchev–Trinajstić information content (AvgIpc) is 3.10. The van der Waals surface area contributed by atoms with E-state index >= 15 is 0 Å². The third-order valence-electron chi connectivity index (χ3n) is 5.24. The minimum Gasteiger partial charge on any atom is -0.497 e. The lowest BCUT2D eigenvalue weighted by atomic mass is 10.0. The fourth-order valence-corrected chi connectivity index (χ4v) is 4.75. The summed E-state index contributed by atoms with van der Waals surface area (Å²) in [5.41, 5.74) is 8.72. The molecule has 1 amide bonds. The summed E-state index contributed by atoms with van der Waals surface area (Å²) in [7, 11) is 1.65. The van der Waals surface area contributed by atoms with Crippen molar-refractivity contribution in [1.82, 2.24) is 4.68 Å². The highest BCUT2D eigenvalue weighted by Gasteiger charge is 2.36. The molecule has 0 bridgehead atoms. The molecule has 5 nitrogen and oxygen atoms in total. The van der Waals surface area contributed by atoms with Gasteiger partial charge in [-0.15, -0.1) is 0 Å². The van der Waals surface area contributed by atoms with Crippen LogP contribution in [-0.4, -0.2) is 22.9 Å². The van der Waals surface area contributed by atoms with Gasteiger partial charge >= 0.3 is 0 Å². The number of fused-ring (bicyclic) bond motifs is 1. The largest absolute Gasteiger partial charge is 0.497 e. The predicted octanol–water partition coefficient (Wildman–Crippen LogP) is 4.82. The molecule has 0 fully saturated rings. The molecular weight excluding hydrogens is 382 g/mol. The van der Waals surface area contributed by atoms with E-state index in [0.717, 1.165) is 38.8 Å². The van der Waals surface area contributed by atoms with Gasteiger partial charge in [0, 0.05) is 11.4 Å². The SMILES string of the molecule is COc1ccc([C@@H]2Nn3c(C)ccc3S[C@@H]2C(=O)Nc2cc(C)ccc2C)cc1. The van der Waals surface area contributed by atoms with E-state index in [1.807, 2.05) is 50.2 Å². The van der Waals surface area contributed by atoms with E-state index in [9.17, 15) is 4.79 Å². The van der Waals surface area contributed by atoms with Crippen LogP contribution in [0.1, 0.15) is 28.4 Å². The lowest BCUT2D eigenvalue weighted by Gasteiger charge is -2.34. The first-order valence-electron chi connectivity index (χ1n) is 9.60. The van der Waals surface area contributed by atoms with Crippen LogP contribution in [-0.2, 0) is 4.79 Å². The summed E-state index contributed by atoms with van der Waals surface area (Å²) in [5, 5.41) is 3.87. The van der Waals surface area contributed by atoms with Gasteiger partial charge in [-0.1, -0.05) is 36.0 Å². The number of hydrogen-bond donors (Lipinski definition) is 2. The van der Waals surface area contributed by atoms with Crippen molar-refractivity contribution < 1.29 is 9.53 Å². The molecular formula is C23H25N3O2S. The summed E-state index contributed by atoms with van der Waals surface area (Å²) in [6, 6.07) is 17.9. The molecule has 6 heteroatoms. The molecule has 2 heterocycles. The second kappa shape index (κ2) is 7.87. The van der Waals surface area contributed by atoms with Crippen molar-refractivity contribution in [2.75, 3.05) is 17.9 Å². The Morgan fingerprint density at radius 2 is 1.83 bits per heavy atom. The van der Waals surface area contributed by atoms with Crippen molar-refractivity contribution in [2.24, 2.45) is 0 Å². The molecule has 1 aromatic heterocycles. The second-order valence-electron chi connectivity index (χ2n) is 7.37. The monoisotopic (exact) mass is 407 g/mol. The second-order valence-corrected chi connectivity index (χ2v) is 8.54. The highest BCUT2D eigenvalue weighted by molar-refractivity contribution is 8.00. The third kappa shape index (κ3) is 3.85. The fourth-order valence-electron chi connectivity index (χ4n) is 3.52. The number of methoxy groups -OCH3 is 1. The van der Waals surface area contributed by atoms with Gasteiger partial charge in [0.2, 0.25) is 5.91 Å². The molecule has 3 aromatic rings. The van der Waals surface area contributed by atoms with Crippen molar-refractivity contribution in [1.29, 1.82) is 0 Å². The lowest BCUT2D eigenvalue weighted by Crippen LogP contribution is -2.41. The van der Waals surface area contributed by atoms with Crippen LogP contribution in [0.25, 0.3) is 0 Å². The van der Waals surface area contributed by atoms with Crippen LogP contribution in [0, 0.1) is 20.8 Å². The van der Waals surface area contributed by atoms with Crippen molar-refractivity contribution in [3.8, 4) is 5.75 Å². The number of ether oxygens (including phenoxy) is 1. The smallest absolute Gasteiger partial charge is 0.240 e. The number of anilines is 1. The van der Waals surface area contributed by atoms with Crippen LogP contribution in [0.5, 0.6) is 5.75 Å². The minimum absolute atomic E-state index is 0.0119. The summed E-state index contributed by atoms with van der Waals surface area (Å²) in [4.78, 5) is 13.3. The fraction of sp³-hybridized carbons (Fsp3) is 0.261. The zero-order chi connectivity index (χ0) is 20.5. The molecule has 2 N–H and O–H groups in total. The van der Waals surface area contributed by atoms with E-state index < -0.39 is 0 Å². The maximum Gasteiger partial charge on any atom is 0.240 e. The van der Waals surface area contributed by atoms with Crippen LogP contribution in [0.15, 0.2) is 59.6 Å². The first-order valence-corrected chi connectivity index (χ1v) is 10.5. The molecule has 0 radical (unpaired) electrons. The van der Waals surface area contributed by atoms with Gasteiger partial charge < -0.3 is 15.5 Å². The van der Waals surface area contributed by atoms with Crippen molar-refractivity contribution >= 4 is 23.4 Å². The Bertz CT molecular complexity index is 1040. The number of nitrogens with one attached hydrogen (secondary N) is 2. The summed E-state index contributed by atoms with van der Waals surface area (Å²) >= 11 is 1.59. The van der Waals surface area contributed by atoms with Gasteiger partial charge in [-0.2, -0.15) is 0 Å². The molecule has 0 aliphatic carbocycles. The Kier molecular flexibility index (Phi) is 5.28. The Morgan fingerprint density at radius 1 is 1.07 bits per heavy atom. The Balaban J connectivity index is 1.67. The maximum atomic E-state index is 13.3. The number of carbonyl (C=O) groups is 1. The van der Waals surface area contributed by atoms with Gasteiger partial charge in [-0.05, 0) is 67.8 Å². The zero-order valence-electron chi connectivity index (χ0n) is 17.0. The number of aromatic nitrogens is 1. The first-order chi connectivity index (χ1) is 14.0. The quantitative estimate of drug-likeness (QED) is 0.651. The number of aryl methyl sites for hydroxylation is 3. The topological polar surface area (TPSA) is 55.3 Å². The van der Waals surface area contributed by atoms with Crippen molar-refractivity contribution in [3.05, 3.63) is 77.0 Å². The molecule has 0 unspecified atom stereocenters. The van der Waals surface area contributed by atoms with E-state index in [2.05, 4.69) is 40.5 Å². The average molecular weight is 408 g/mol. The Hall–Kier alpha value is -2.86. The minimum atomic E-state index is -0.315. The van der Waals surface area contributed by atoms with Gasteiger partial charge in [0.25, 0.3) is 0 Å². The normalized spacial score (nSPS) is 17.9. The van der Waals surface area contributed by atoms with Crippen LogP contribution < -0.4 is 15.5 Å². The molecule has 2 aromatic carbocycles. The zero-order valence-corrected chi connectivity index (χ0v) is 17.8. The molecule has 1 aliphatic heterocycles. The Labute approximate surface area is 175 Å². The highest BCUT2D eigenvalue weighted by atomic mass is 32.2. The molecule has 2 atom stereocenters. The van der Waals surface area contributed by atoms with E-state index in [1.54, 1.807) is 18.9 Å². The van der Waals surface area contributed by atoms with E-state index in [4.69, 9.17) is 4.74 Å². The van der Waals surface area contributed by atoms with Crippen molar-refractivity contribution in [2.45, 2.75) is 37.1 Å².